The Hall–Kier alpha value is -3.82. The monoisotopic (exact) mass is 567 g/mol. The van der Waals surface area contributed by atoms with Gasteiger partial charge in [0.05, 0.1) is 38.1 Å². The van der Waals surface area contributed by atoms with E-state index in [0.717, 1.165) is 17.1 Å². The number of rotatable bonds is 4. The Bertz CT molecular complexity index is 1380. The summed E-state index contributed by atoms with van der Waals surface area (Å²) in [5.41, 5.74) is 1.90. The molecule has 0 bridgehead atoms. The van der Waals surface area contributed by atoms with Gasteiger partial charge >= 0.3 is 12.1 Å². The van der Waals surface area contributed by atoms with Crippen molar-refractivity contribution in [2.45, 2.75) is 70.4 Å². The molecule has 1 N–H and O–H groups in total. The molecule has 0 saturated carbocycles. The number of hydrogen-bond acceptors (Lipinski definition) is 9. The highest BCUT2D eigenvalue weighted by molar-refractivity contribution is 5.81. The number of carboxylic acids is 1. The first-order valence-corrected chi connectivity index (χ1v) is 13.8. The average Bonchev–Trinajstić information content (AvgIpc) is 3.44. The van der Waals surface area contributed by atoms with E-state index in [4.69, 9.17) is 18.9 Å². The van der Waals surface area contributed by atoms with Gasteiger partial charge in [-0.25, -0.2) is 14.6 Å². The molecule has 0 radical (unpaired) electrons. The van der Waals surface area contributed by atoms with Gasteiger partial charge in [-0.15, -0.1) is 0 Å². The highest BCUT2D eigenvalue weighted by Crippen LogP contribution is 2.39. The van der Waals surface area contributed by atoms with Crippen molar-refractivity contribution in [3.8, 4) is 17.7 Å². The fraction of sp³-hybridized carbons (Fsp3) is 0.586. The predicted molar refractivity (Wildman–Crippen MR) is 148 cm³/mol. The molecule has 5 rings (SSSR count). The second-order valence-electron chi connectivity index (χ2n) is 11.8. The van der Waals surface area contributed by atoms with Crippen LogP contribution in [0.4, 0.5) is 10.5 Å². The molecule has 12 nitrogen and oxygen atoms in total. The number of aliphatic carboxylic acids is 1. The Labute approximate surface area is 239 Å². The van der Waals surface area contributed by atoms with Crippen LogP contribution >= 0.6 is 0 Å². The zero-order chi connectivity index (χ0) is 29.5. The predicted octanol–water partition coefficient (Wildman–Crippen LogP) is 2.36. The van der Waals surface area contributed by atoms with E-state index in [9.17, 15) is 14.7 Å². The lowest BCUT2D eigenvalue weighted by Crippen LogP contribution is -2.68. The lowest BCUT2D eigenvalue weighted by Gasteiger charge is -2.53. The van der Waals surface area contributed by atoms with E-state index < -0.39 is 35.4 Å². The number of likely N-dealkylation sites (tertiary alicyclic amines) is 1. The van der Waals surface area contributed by atoms with Crippen molar-refractivity contribution in [2.24, 2.45) is 7.05 Å². The van der Waals surface area contributed by atoms with Crippen molar-refractivity contribution in [1.29, 1.82) is 0 Å². The Kier molecular flexibility index (Phi) is 7.61. The van der Waals surface area contributed by atoms with Crippen LogP contribution in [0.2, 0.25) is 0 Å². The van der Waals surface area contributed by atoms with Crippen LogP contribution in [-0.4, -0.2) is 99.1 Å². The van der Waals surface area contributed by atoms with Crippen molar-refractivity contribution in [3.63, 3.8) is 0 Å². The largest absolute Gasteiger partial charge is 0.480 e. The number of nitrogens with zero attached hydrogens (tertiary/aromatic N) is 5. The first-order chi connectivity index (χ1) is 19.3. The first-order valence-electron chi connectivity index (χ1n) is 13.8. The van der Waals surface area contributed by atoms with Gasteiger partial charge in [0.15, 0.2) is 0 Å². The topological polar surface area (TPSA) is 128 Å². The summed E-state index contributed by atoms with van der Waals surface area (Å²) in [6.45, 7) is 11.4. The Balaban J connectivity index is 1.44. The second kappa shape index (κ2) is 10.9. The first kappa shape index (κ1) is 28.7. The Morgan fingerprint density at radius 2 is 1.98 bits per heavy atom. The second-order valence-corrected chi connectivity index (χ2v) is 11.8. The summed E-state index contributed by atoms with van der Waals surface area (Å²) >= 11 is 0. The molecule has 220 valence electrons. The molecule has 1 amide bonds. The fourth-order valence-electron chi connectivity index (χ4n) is 5.37. The van der Waals surface area contributed by atoms with E-state index in [0.29, 0.717) is 37.8 Å². The highest BCUT2D eigenvalue weighted by Gasteiger charge is 2.50. The number of carbonyl (C=O) groups is 2. The van der Waals surface area contributed by atoms with Gasteiger partial charge in [0.25, 0.3) is 0 Å². The zero-order valence-corrected chi connectivity index (χ0v) is 24.3. The molecular formula is C29H37N5O7. The molecule has 5 heterocycles. The lowest BCUT2D eigenvalue weighted by atomic mass is 9.90. The minimum absolute atomic E-state index is 0.0364. The maximum absolute atomic E-state index is 12.8. The summed E-state index contributed by atoms with van der Waals surface area (Å²) in [4.78, 5) is 32.9. The summed E-state index contributed by atoms with van der Waals surface area (Å²) in [5, 5.41) is 14.2. The maximum atomic E-state index is 12.8. The molecule has 3 aliphatic rings. The molecule has 1 spiro atoms. The molecule has 41 heavy (non-hydrogen) atoms. The quantitative estimate of drug-likeness (QED) is 0.550. The van der Waals surface area contributed by atoms with Gasteiger partial charge in [-0.2, -0.15) is 5.10 Å². The Morgan fingerprint density at radius 1 is 1.22 bits per heavy atom. The number of aromatic nitrogens is 3. The molecule has 3 aliphatic heterocycles. The van der Waals surface area contributed by atoms with E-state index >= 15 is 0 Å². The van der Waals surface area contributed by atoms with Gasteiger partial charge in [-0.05, 0) is 52.7 Å². The van der Waals surface area contributed by atoms with E-state index in [1.165, 1.54) is 4.90 Å². The van der Waals surface area contributed by atoms with Crippen molar-refractivity contribution < 1.29 is 33.6 Å². The molecule has 0 unspecified atom stereocenters. The van der Waals surface area contributed by atoms with Crippen LogP contribution in [0.3, 0.4) is 0 Å². The Morgan fingerprint density at radius 3 is 2.59 bits per heavy atom. The summed E-state index contributed by atoms with van der Waals surface area (Å²) in [6.07, 6.45) is 0.459. The molecule has 3 fully saturated rings. The standard InChI is InChI=1S/C29H37N5O7/c1-18-11-21(32(6)31-18)8-7-20-12-23(33-9-10-39-29(19(33)2)16-38-17-29)25(30-14-20)40-22-13-24(26(35)36)34(15-22)27(37)41-28(3,4)5/h11-12,14,19,22,24H,9-10,13,15-17H2,1-6H3,(H,35,36)/t19-,22-,24-/m0/s1. The summed E-state index contributed by atoms with van der Waals surface area (Å²) in [5.74, 6) is 5.58. The molecule has 2 aromatic rings. The molecule has 0 aromatic carbocycles. The number of hydrogen-bond donors (Lipinski definition) is 1. The maximum Gasteiger partial charge on any atom is 0.411 e. The molecule has 0 aliphatic carbocycles. The van der Waals surface area contributed by atoms with Crippen LogP contribution in [0, 0.1) is 18.8 Å². The van der Waals surface area contributed by atoms with Crippen molar-refractivity contribution in [3.05, 3.63) is 35.3 Å². The average molecular weight is 568 g/mol. The number of amides is 1. The highest BCUT2D eigenvalue weighted by atomic mass is 16.6. The summed E-state index contributed by atoms with van der Waals surface area (Å²) in [7, 11) is 1.85. The normalized spacial score (nSPS) is 23.5. The van der Waals surface area contributed by atoms with Crippen LogP contribution in [0.25, 0.3) is 0 Å². The molecular weight excluding hydrogens is 530 g/mol. The third-order valence-corrected chi connectivity index (χ3v) is 7.58. The van der Waals surface area contributed by atoms with Crippen molar-refractivity contribution >= 4 is 17.7 Å². The third kappa shape index (κ3) is 5.96. The van der Waals surface area contributed by atoms with Crippen LogP contribution in [0.1, 0.15) is 51.1 Å². The van der Waals surface area contributed by atoms with Gasteiger partial charge in [0.1, 0.15) is 34.7 Å². The number of ether oxygens (including phenoxy) is 4. The number of morpholine rings is 1. The smallest absolute Gasteiger partial charge is 0.411 e. The molecule has 12 heteroatoms. The number of carbonyl (C=O) groups excluding carboxylic acids is 1. The van der Waals surface area contributed by atoms with Gasteiger partial charge in [0.2, 0.25) is 5.88 Å². The number of aryl methyl sites for hydroxylation is 2. The van der Waals surface area contributed by atoms with Crippen LogP contribution in [0.5, 0.6) is 5.88 Å². The third-order valence-electron chi connectivity index (χ3n) is 7.58. The number of anilines is 1. The zero-order valence-electron chi connectivity index (χ0n) is 24.3. The van der Waals surface area contributed by atoms with Crippen LogP contribution < -0.4 is 9.64 Å². The number of carboxylic acid groups (broad SMARTS) is 1. The van der Waals surface area contributed by atoms with Crippen LogP contribution in [0.15, 0.2) is 18.3 Å². The van der Waals surface area contributed by atoms with Crippen molar-refractivity contribution in [2.75, 3.05) is 37.8 Å². The van der Waals surface area contributed by atoms with Gasteiger partial charge in [-0.1, -0.05) is 5.92 Å². The lowest BCUT2D eigenvalue weighted by molar-refractivity contribution is -0.228. The van der Waals surface area contributed by atoms with E-state index in [1.807, 2.05) is 26.1 Å². The minimum atomic E-state index is -1.11. The molecule has 3 atom stereocenters. The van der Waals surface area contributed by atoms with E-state index in [2.05, 4.69) is 33.7 Å². The van der Waals surface area contributed by atoms with Crippen molar-refractivity contribution in [1.82, 2.24) is 19.7 Å². The van der Waals surface area contributed by atoms with E-state index in [1.54, 1.807) is 31.6 Å². The molecule has 3 saturated heterocycles. The van der Waals surface area contributed by atoms with Gasteiger partial charge in [0, 0.05) is 31.8 Å². The minimum Gasteiger partial charge on any atom is -0.480 e. The fourth-order valence-corrected chi connectivity index (χ4v) is 5.37. The van der Waals surface area contributed by atoms with Gasteiger partial charge in [-0.3, -0.25) is 9.58 Å². The van der Waals surface area contributed by atoms with Gasteiger partial charge < -0.3 is 29.0 Å². The van der Waals surface area contributed by atoms with Crippen LogP contribution in [-0.2, 0) is 26.1 Å². The SMILES string of the molecule is Cc1cc(C#Cc2cnc(O[C@H]3C[C@@H](C(=O)O)N(C(=O)OC(C)(C)C)C3)c(N3CCOC4(COC4)[C@@H]3C)c2)n(C)n1. The summed E-state index contributed by atoms with van der Waals surface area (Å²) in [6, 6.07) is 2.75. The van der Waals surface area contributed by atoms with E-state index in [-0.39, 0.29) is 19.0 Å². The number of pyridine rings is 1. The summed E-state index contributed by atoms with van der Waals surface area (Å²) < 4.78 is 25.2. The molecule has 2 aromatic heterocycles.